The number of likely N-dealkylation sites (tertiary alicyclic amines) is 2. The number of rotatable bonds is 2. The smallest absolute Gasteiger partial charge is 0.407 e. The number of carbonyl (C=O) groups is 1. The molecular weight excluding hydrogens is 294 g/mol. The zero-order valence-electron chi connectivity index (χ0n) is 13.0. The Bertz CT molecular complexity index is 707. The highest BCUT2D eigenvalue weighted by atomic mass is 16.4. The van der Waals surface area contributed by atoms with Crippen molar-refractivity contribution in [1.82, 2.24) is 24.8 Å². The molecule has 2 aromatic rings. The zero-order chi connectivity index (χ0) is 15.8. The fraction of sp³-hybridized carbons (Fsp3) is 0.562. The summed E-state index contributed by atoms with van der Waals surface area (Å²) in [6, 6.07) is 8.83. The Hall–Kier alpha value is -2.15. The monoisotopic (exact) mass is 315 g/mol. The fourth-order valence-electron chi connectivity index (χ4n) is 3.87. The van der Waals surface area contributed by atoms with Gasteiger partial charge >= 0.3 is 6.09 Å². The minimum Gasteiger partial charge on any atom is -0.465 e. The minimum absolute atomic E-state index is 0.375. The van der Waals surface area contributed by atoms with Gasteiger partial charge in [-0.1, -0.05) is 17.3 Å². The lowest BCUT2D eigenvalue weighted by molar-refractivity contribution is 0.124. The molecule has 1 amide bonds. The lowest BCUT2D eigenvalue weighted by Gasteiger charge is -2.35. The van der Waals surface area contributed by atoms with Crippen molar-refractivity contribution in [3.05, 3.63) is 24.3 Å². The number of amides is 1. The van der Waals surface area contributed by atoms with Gasteiger partial charge in [0.05, 0.1) is 11.6 Å². The van der Waals surface area contributed by atoms with Crippen molar-refractivity contribution in [2.75, 3.05) is 26.2 Å². The minimum atomic E-state index is -0.795. The summed E-state index contributed by atoms with van der Waals surface area (Å²) in [7, 11) is 0. The molecule has 1 atom stereocenters. The van der Waals surface area contributed by atoms with Crippen molar-refractivity contribution in [1.29, 1.82) is 0 Å². The number of piperidine rings is 1. The lowest BCUT2D eigenvalue weighted by Crippen LogP contribution is -2.43. The van der Waals surface area contributed by atoms with Crippen molar-refractivity contribution in [3.8, 4) is 0 Å². The Kier molecular flexibility index (Phi) is 3.65. The molecule has 0 saturated carbocycles. The Labute approximate surface area is 134 Å². The first-order valence-corrected chi connectivity index (χ1v) is 8.24. The maximum absolute atomic E-state index is 11.1. The molecule has 0 spiro atoms. The van der Waals surface area contributed by atoms with Crippen molar-refractivity contribution >= 4 is 17.1 Å². The second-order valence-electron chi connectivity index (χ2n) is 6.46. The molecule has 7 nitrogen and oxygen atoms in total. The molecule has 2 fully saturated rings. The number of hydrogen-bond donors (Lipinski definition) is 1. The van der Waals surface area contributed by atoms with Gasteiger partial charge in [-0.25, -0.2) is 9.48 Å². The van der Waals surface area contributed by atoms with E-state index in [0.29, 0.717) is 25.2 Å². The summed E-state index contributed by atoms with van der Waals surface area (Å²) in [4.78, 5) is 15.0. The Morgan fingerprint density at radius 3 is 2.57 bits per heavy atom. The van der Waals surface area contributed by atoms with Crippen molar-refractivity contribution < 1.29 is 9.90 Å². The molecule has 0 aliphatic carbocycles. The van der Waals surface area contributed by atoms with Gasteiger partial charge in [0, 0.05) is 32.2 Å². The largest absolute Gasteiger partial charge is 0.465 e. The molecule has 2 saturated heterocycles. The molecule has 3 heterocycles. The van der Waals surface area contributed by atoms with Crippen LogP contribution in [0.25, 0.3) is 11.0 Å². The van der Waals surface area contributed by atoms with E-state index in [1.807, 2.05) is 18.2 Å². The zero-order valence-corrected chi connectivity index (χ0v) is 13.0. The van der Waals surface area contributed by atoms with Crippen LogP contribution in [0.3, 0.4) is 0 Å². The van der Waals surface area contributed by atoms with E-state index in [2.05, 4.69) is 26.0 Å². The third-order valence-electron chi connectivity index (χ3n) is 5.17. The van der Waals surface area contributed by atoms with Gasteiger partial charge in [0.1, 0.15) is 5.52 Å². The maximum atomic E-state index is 11.1. The third-order valence-corrected chi connectivity index (χ3v) is 5.17. The second-order valence-corrected chi connectivity index (χ2v) is 6.46. The van der Waals surface area contributed by atoms with Gasteiger partial charge in [0.15, 0.2) is 0 Å². The van der Waals surface area contributed by atoms with E-state index in [4.69, 9.17) is 5.11 Å². The van der Waals surface area contributed by atoms with E-state index >= 15 is 0 Å². The summed E-state index contributed by atoms with van der Waals surface area (Å²) < 4.78 is 2.06. The fourth-order valence-corrected chi connectivity index (χ4v) is 3.87. The van der Waals surface area contributed by atoms with Crippen LogP contribution in [0.15, 0.2) is 24.3 Å². The molecule has 1 N–H and O–H groups in total. The van der Waals surface area contributed by atoms with E-state index < -0.39 is 6.09 Å². The number of aromatic nitrogens is 3. The predicted molar refractivity (Wildman–Crippen MR) is 85.4 cm³/mol. The maximum Gasteiger partial charge on any atom is 0.407 e. The Morgan fingerprint density at radius 1 is 1.09 bits per heavy atom. The standard InChI is InChI=1S/C16H21N5O2/c22-16(23)20-10-7-13(11-20)19-8-5-12(6-9-19)21-15-4-2-1-3-14(15)17-18-21/h1-4,12-13H,5-11H2,(H,22,23). The van der Waals surface area contributed by atoms with Gasteiger partial charge in [-0.2, -0.15) is 0 Å². The van der Waals surface area contributed by atoms with E-state index in [0.717, 1.165) is 43.4 Å². The van der Waals surface area contributed by atoms with Gasteiger partial charge in [-0.3, -0.25) is 4.90 Å². The average molecular weight is 315 g/mol. The topological polar surface area (TPSA) is 74.5 Å². The summed E-state index contributed by atoms with van der Waals surface area (Å²) in [6.45, 7) is 3.30. The number of benzene rings is 1. The SMILES string of the molecule is O=C(O)N1CCC(N2CCC(n3nnc4ccccc43)CC2)C1. The quantitative estimate of drug-likeness (QED) is 0.915. The number of nitrogens with zero attached hydrogens (tertiary/aromatic N) is 5. The van der Waals surface area contributed by atoms with Crippen LogP contribution in [0.2, 0.25) is 0 Å². The molecule has 1 aromatic carbocycles. The van der Waals surface area contributed by atoms with Crippen LogP contribution in [0.5, 0.6) is 0 Å². The summed E-state index contributed by atoms with van der Waals surface area (Å²) in [5.41, 5.74) is 2.05. The molecule has 122 valence electrons. The van der Waals surface area contributed by atoms with Crippen LogP contribution < -0.4 is 0 Å². The summed E-state index contributed by atoms with van der Waals surface area (Å²) in [6.07, 6.45) is 2.23. The summed E-state index contributed by atoms with van der Waals surface area (Å²) in [5, 5.41) is 17.7. The first-order chi connectivity index (χ1) is 11.2. The van der Waals surface area contributed by atoms with Crippen LogP contribution >= 0.6 is 0 Å². The molecular formula is C16H21N5O2. The van der Waals surface area contributed by atoms with Gasteiger partial charge in [-0.05, 0) is 31.4 Å². The van der Waals surface area contributed by atoms with Crippen LogP contribution in [-0.4, -0.2) is 68.2 Å². The molecule has 2 aliphatic rings. The second kappa shape index (κ2) is 5.81. The lowest BCUT2D eigenvalue weighted by atomic mass is 10.0. The molecule has 23 heavy (non-hydrogen) atoms. The first kappa shape index (κ1) is 14.4. The normalized spacial score (nSPS) is 23.7. The van der Waals surface area contributed by atoms with E-state index in [1.54, 1.807) is 0 Å². The van der Waals surface area contributed by atoms with Gasteiger partial charge < -0.3 is 10.0 Å². The molecule has 0 radical (unpaired) electrons. The highest BCUT2D eigenvalue weighted by Gasteiger charge is 2.33. The number of para-hydroxylation sites is 1. The molecule has 4 rings (SSSR count). The molecule has 7 heteroatoms. The third kappa shape index (κ3) is 2.65. The average Bonchev–Trinajstić information content (AvgIpc) is 3.22. The first-order valence-electron chi connectivity index (χ1n) is 8.24. The van der Waals surface area contributed by atoms with Gasteiger partial charge in [-0.15, -0.1) is 5.10 Å². The number of carboxylic acid groups (broad SMARTS) is 1. The van der Waals surface area contributed by atoms with Crippen LogP contribution in [-0.2, 0) is 0 Å². The summed E-state index contributed by atoms with van der Waals surface area (Å²) in [5.74, 6) is 0. The Morgan fingerprint density at radius 2 is 1.83 bits per heavy atom. The number of fused-ring (bicyclic) bond motifs is 1. The highest BCUT2D eigenvalue weighted by Crippen LogP contribution is 2.28. The van der Waals surface area contributed by atoms with Crippen molar-refractivity contribution in [3.63, 3.8) is 0 Å². The molecule has 1 unspecified atom stereocenters. The van der Waals surface area contributed by atoms with E-state index in [-0.39, 0.29) is 0 Å². The molecule has 0 bridgehead atoms. The van der Waals surface area contributed by atoms with E-state index in [1.165, 1.54) is 4.90 Å². The molecule has 1 aromatic heterocycles. The number of hydrogen-bond acceptors (Lipinski definition) is 4. The van der Waals surface area contributed by atoms with Crippen molar-refractivity contribution in [2.45, 2.75) is 31.3 Å². The van der Waals surface area contributed by atoms with Gasteiger partial charge in [0.25, 0.3) is 0 Å². The van der Waals surface area contributed by atoms with Crippen LogP contribution in [0, 0.1) is 0 Å². The predicted octanol–water partition coefficient (Wildman–Crippen LogP) is 1.82. The van der Waals surface area contributed by atoms with Crippen molar-refractivity contribution in [2.24, 2.45) is 0 Å². The summed E-state index contributed by atoms with van der Waals surface area (Å²) >= 11 is 0. The molecule has 2 aliphatic heterocycles. The van der Waals surface area contributed by atoms with Gasteiger partial charge in [0.2, 0.25) is 0 Å². The van der Waals surface area contributed by atoms with Crippen LogP contribution in [0.1, 0.15) is 25.3 Å². The Balaban J connectivity index is 1.41. The highest BCUT2D eigenvalue weighted by molar-refractivity contribution is 5.74. The van der Waals surface area contributed by atoms with Crippen LogP contribution in [0.4, 0.5) is 4.79 Å². The van der Waals surface area contributed by atoms with E-state index in [9.17, 15) is 4.79 Å².